The molecule has 3 aromatic carbocycles. The molecule has 0 saturated heterocycles. The van der Waals surface area contributed by atoms with Gasteiger partial charge in [-0.1, -0.05) is 34.1 Å². The Labute approximate surface area is 193 Å². The molecule has 0 radical (unpaired) electrons. The fraction of sp³-hybridized carbons (Fsp3) is 0.160. The van der Waals surface area contributed by atoms with E-state index in [9.17, 15) is 9.90 Å². The quantitative estimate of drug-likeness (QED) is 0.361. The highest BCUT2D eigenvalue weighted by Gasteiger charge is 2.19. The van der Waals surface area contributed by atoms with Crippen molar-refractivity contribution in [1.82, 2.24) is 0 Å². The lowest BCUT2D eigenvalue weighted by Crippen LogP contribution is -2.08. The first kappa shape index (κ1) is 21.8. The van der Waals surface area contributed by atoms with Gasteiger partial charge in [0.2, 0.25) is 5.43 Å². The topological polar surface area (TPSA) is 78.1 Å². The van der Waals surface area contributed by atoms with Crippen molar-refractivity contribution in [3.05, 3.63) is 80.6 Å². The number of hydrogen-bond acceptors (Lipinski definition) is 6. The minimum Gasteiger partial charge on any atom is -0.507 e. The van der Waals surface area contributed by atoms with E-state index in [-0.39, 0.29) is 22.1 Å². The monoisotopic (exact) mass is 496 g/mol. The summed E-state index contributed by atoms with van der Waals surface area (Å²) < 4.78 is 23.3. The third-order valence-electron chi connectivity index (χ3n) is 5.12. The lowest BCUT2D eigenvalue weighted by atomic mass is 10.0. The van der Waals surface area contributed by atoms with Crippen molar-refractivity contribution >= 4 is 26.9 Å². The van der Waals surface area contributed by atoms with Crippen LogP contribution in [0, 0.1) is 6.92 Å². The van der Waals surface area contributed by atoms with Crippen LogP contribution in [0.2, 0.25) is 0 Å². The highest BCUT2D eigenvalue weighted by molar-refractivity contribution is 9.10. The largest absolute Gasteiger partial charge is 0.507 e. The zero-order valence-electron chi connectivity index (χ0n) is 17.8. The maximum Gasteiger partial charge on any atom is 0.204 e. The summed E-state index contributed by atoms with van der Waals surface area (Å²) in [7, 11) is 3.07. The Morgan fingerprint density at radius 3 is 2.38 bits per heavy atom. The molecule has 0 fully saturated rings. The molecule has 0 aliphatic heterocycles. The van der Waals surface area contributed by atoms with Gasteiger partial charge in [-0.25, -0.2) is 0 Å². The Morgan fingerprint density at radius 1 is 0.969 bits per heavy atom. The summed E-state index contributed by atoms with van der Waals surface area (Å²) >= 11 is 3.40. The first-order chi connectivity index (χ1) is 15.4. The highest BCUT2D eigenvalue weighted by Crippen LogP contribution is 2.35. The summed E-state index contributed by atoms with van der Waals surface area (Å²) in [6.45, 7) is 2.02. The number of fused-ring (bicyclic) bond motifs is 1. The molecule has 164 valence electrons. The van der Waals surface area contributed by atoms with Gasteiger partial charge in [0.05, 0.1) is 19.8 Å². The summed E-state index contributed by atoms with van der Waals surface area (Å²) in [5.41, 5.74) is 1.83. The van der Waals surface area contributed by atoms with E-state index in [0.717, 1.165) is 10.0 Å². The smallest absolute Gasteiger partial charge is 0.204 e. The number of hydrogen-bond donors (Lipinski definition) is 1. The summed E-state index contributed by atoms with van der Waals surface area (Å²) in [5, 5.41) is 10.7. The van der Waals surface area contributed by atoms with Gasteiger partial charge in [-0.2, -0.15) is 0 Å². The second kappa shape index (κ2) is 8.96. The Kier molecular flexibility index (Phi) is 6.10. The molecule has 4 aromatic rings. The fourth-order valence-electron chi connectivity index (χ4n) is 3.54. The predicted molar refractivity (Wildman–Crippen MR) is 126 cm³/mol. The fourth-order valence-corrected chi connectivity index (χ4v) is 3.81. The SMILES string of the molecule is COc1ccc(-c2c(C)oc3cc(OCc4ccc(Br)cc4)cc(O)c3c2=O)cc1OC. The first-order valence-electron chi connectivity index (χ1n) is 9.81. The van der Waals surface area contributed by atoms with Crippen molar-refractivity contribution in [1.29, 1.82) is 0 Å². The molecule has 7 heteroatoms. The zero-order chi connectivity index (χ0) is 22.8. The predicted octanol–water partition coefficient (Wildman–Crippen LogP) is 5.83. The van der Waals surface area contributed by atoms with Crippen LogP contribution in [0.25, 0.3) is 22.1 Å². The molecule has 1 N–H and O–H groups in total. The Bertz CT molecular complexity index is 1340. The lowest BCUT2D eigenvalue weighted by molar-refractivity contribution is 0.304. The number of methoxy groups -OCH3 is 2. The van der Waals surface area contributed by atoms with Crippen molar-refractivity contribution in [2.24, 2.45) is 0 Å². The number of aryl methyl sites for hydroxylation is 1. The summed E-state index contributed by atoms with van der Waals surface area (Å²) in [4.78, 5) is 13.3. The van der Waals surface area contributed by atoms with Gasteiger partial charge < -0.3 is 23.7 Å². The van der Waals surface area contributed by atoms with Gasteiger partial charge in [-0.3, -0.25) is 4.79 Å². The number of aromatic hydroxyl groups is 1. The first-order valence-corrected chi connectivity index (χ1v) is 10.6. The molecule has 6 nitrogen and oxygen atoms in total. The minimum atomic E-state index is -0.340. The molecule has 1 aromatic heterocycles. The van der Waals surface area contributed by atoms with Crippen molar-refractivity contribution in [2.75, 3.05) is 14.2 Å². The van der Waals surface area contributed by atoms with E-state index >= 15 is 0 Å². The molecule has 0 aliphatic rings. The lowest BCUT2D eigenvalue weighted by Gasteiger charge is -2.13. The Morgan fingerprint density at radius 2 is 1.69 bits per heavy atom. The molecule has 0 atom stereocenters. The summed E-state index contributed by atoms with van der Waals surface area (Å²) in [6, 6.07) is 15.9. The normalized spacial score (nSPS) is 10.9. The maximum atomic E-state index is 13.3. The van der Waals surface area contributed by atoms with Crippen LogP contribution in [0.1, 0.15) is 11.3 Å². The van der Waals surface area contributed by atoms with E-state index in [4.69, 9.17) is 18.6 Å². The van der Waals surface area contributed by atoms with E-state index < -0.39 is 0 Å². The number of halogens is 1. The molecule has 0 saturated carbocycles. The molecule has 0 spiro atoms. The van der Waals surface area contributed by atoms with Crippen LogP contribution >= 0.6 is 15.9 Å². The van der Waals surface area contributed by atoms with Crippen LogP contribution in [-0.4, -0.2) is 19.3 Å². The maximum absolute atomic E-state index is 13.3. The van der Waals surface area contributed by atoms with Gasteiger partial charge in [-0.05, 0) is 42.3 Å². The Hall–Kier alpha value is -3.45. The number of phenols is 1. The molecule has 4 rings (SSSR count). The number of benzene rings is 3. The van der Waals surface area contributed by atoms with E-state index in [1.54, 1.807) is 38.3 Å². The van der Waals surface area contributed by atoms with Gasteiger partial charge in [0, 0.05) is 16.6 Å². The number of phenolic OH excluding ortho intramolecular Hbond substituents is 1. The molecule has 0 unspecified atom stereocenters. The average Bonchev–Trinajstić information content (AvgIpc) is 2.78. The number of ether oxygens (including phenoxy) is 3. The van der Waals surface area contributed by atoms with Crippen molar-refractivity contribution in [2.45, 2.75) is 13.5 Å². The average molecular weight is 497 g/mol. The van der Waals surface area contributed by atoms with E-state index in [1.807, 2.05) is 24.3 Å². The van der Waals surface area contributed by atoms with Crippen LogP contribution in [0.5, 0.6) is 23.0 Å². The van der Waals surface area contributed by atoms with Gasteiger partial charge >= 0.3 is 0 Å². The molecule has 0 bridgehead atoms. The molecule has 32 heavy (non-hydrogen) atoms. The van der Waals surface area contributed by atoms with Crippen LogP contribution in [0.15, 0.2) is 68.3 Å². The van der Waals surface area contributed by atoms with Gasteiger partial charge in [0.1, 0.15) is 34.8 Å². The van der Waals surface area contributed by atoms with E-state index in [0.29, 0.717) is 40.7 Å². The third-order valence-corrected chi connectivity index (χ3v) is 5.64. The van der Waals surface area contributed by atoms with Gasteiger partial charge in [0.25, 0.3) is 0 Å². The standard InChI is InChI=1S/C25H21BrO6/c1-14-23(16-6-9-20(29-2)21(10-16)30-3)25(28)24-19(27)11-18(12-22(24)32-14)31-13-15-4-7-17(26)8-5-15/h4-12,27H,13H2,1-3H3. The van der Waals surface area contributed by atoms with Crippen molar-refractivity contribution in [3.8, 4) is 34.1 Å². The van der Waals surface area contributed by atoms with E-state index in [2.05, 4.69) is 15.9 Å². The molecular formula is C25H21BrO6. The summed E-state index contributed by atoms with van der Waals surface area (Å²) in [5.74, 6) is 1.65. The van der Waals surface area contributed by atoms with Gasteiger partial charge in [-0.15, -0.1) is 0 Å². The zero-order valence-corrected chi connectivity index (χ0v) is 19.4. The number of rotatable bonds is 6. The second-order valence-electron chi connectivity index (χ2n) is 7.16. The third kappa shape index (κ3) is 4.16. The van der Waals surface area contributed by atoms with Crippen LogP contribution in [-0.2, 0) is 6.61 Å². The van der Waals surface area contributed by atoms with E-state index in [1.165, 1.54) is 13.2 Å². The van der Waals surface area contributed by atoms with Gasteiger partial charge in [0.15, 0.2) is 11.5 Å². The van der Waals surface area contributed by atoms with Crippen LogP contribution < -0.4 is 19.6 Å². The second-order valence-corrected chi connectivity index (χ2v) is 8.08. The molecule has 0 aliphatic carbocycles. The van der Waals surface area contributed by atoms with Crippen LogP contribution in [0.3, 0.4) is 0 Å². The van der Waals surface area contributed by atoms with Crippen LogP contribution in [0.4, 0.5) is 0 Å². The minimum absolute atomic E-state index is 0.0939. The molecule has 0 amide bonds. The highest BCUT2D eigenvalue weighted by atomic mass is 79.9. The molecular weight excluding hydrogens is 476 g/mol. The van der Waals surface area contributed by atoms with Crippen molar-refractivity contribution in [3.63, 3.8) is 0 Å². The molecule has 1 heterocycles. The summed E-state index contributed by atoms with van der Waals surface area (Å²) in [6.07, 6.45) is 0. The Balaban J connectivity index is 1.74. The van der Waals surface area contributed by atoms with Crippen molar-refractivity contribution < 1.29 is 23.7 Å².